The van der Waals surface area contributed by atoms with Gasteiger partial charge in [-0.15, -0.1) is 24.0 Å². The van der Waals surface area contributed by atoms with Crippen molar-refractivity contribution >= 4 is 53.1 Å². The maximum absolute atomic E-state index is 6.09. The van der Waals surface area contributed by atoms with Crippen LogP contribution in [0.3, 0.4) is 0 Å². The van der Waals surface area contributed by atoms with Gasteiger partial charge in [-0.05, 0) is 24.6 Å². The highest BCUT2D eigenvalue weighted by atomic mass is 127. The molecule has 27 heavy (non-hydrogen) atoms. The topological polar surface area (TPSA) is 66.5 Å². The summed E-state index contributed by atoms with van der Waals surface area (Å²) in [5.74, 6) is 2.40. The van der Waals surface area contributed by atoms with Gasteiger partial charge in [0.05, 0.1) is 16.6 Å². The van der Waals surface area contributed by atoms with E-state index in [9.17, 15) is 0 Å². The van der Waals surface area contributed by atoms with Gasteiger partial charge < -0.3 is 14.7 Å². The summed E-state index contributed by atoms with van der Waals surface area (Å²) >= 11 is 12.1. The number of nitrogens with zero attached hydrogens (tertiary/aromatic N) is 4. The molecule has 0 spiro atoms. The van der Waals surface area contributed by atoms with E-state index in [2.05, 4.69) is 20.4 Å². The Kier molecular flexibility index (Phi) is 10.4. The van der Waals surface area contributed by atoms with Crippen molar-refractivity contribution in [2.45, 2.75) is 39.7 Å². The molecular weight excluding hydrogens is 500 g/mol. The first-order chi connectivity index (χ1) is 12.4. The van der Waals surface area contributed by atoms with Crippen LogP contribution in [0.4, 0.5) is 0 Å². The Labute approximate surface area is 187 Å². The Balaban J connectivity index is 0.00000364. The molecule has 0 saturated carbocycles. The molecular formula is C18H26Cl2IN5O. The van der Waals surface area contributed by atoms with Crippen LogP contribution in [-0.2, 0) is 13.0 Å². The van der Waals surface area contributed by atoms with Gasteiger partial charge in [-0.3, -0.25) is 4.99 Å². The Bertz CT molecular complexity index is 751. The minimum atomic E-state index is 0. The van der Waals surface area contributed by atoms with Gasteiger partial charge in [0, 0.05) is 32.5 Å². The second-order valence-electron chi connectivity index (χ2n) is 6.29. The lowest BCUT2D eigenvalue weighted by atomic mass is 10.2. The van der Waals surface area contributed by atoms with Gasteiger partial charge in [0.25, 0.3) is 0 Å². The number of aliphatic imine (C=N–C) groups is 1. The molecule has 1 aromatic heterocycles. The van der Waals surface area contributed by atoms with E-state index in [-0.39, 0.29) is 29.9 Å². The lowest BCUT2D eigenvalue weighted by molar-refractivity contribution is 0.372. The zero-order chi connectivity index (χ0) is 19.1. The zero-order valence-corrected chi connectivity index (χ0v) is 19.8. The van der Waals surface area contributed by atoms with E-state index in [1.807, 2.05) is 44.9 Å². The second-order valence-corrected chi connectivity index (χ2v) is 7.11. The molecule has 0 aliphatic heterocycles. The molecule has 0 atom stereocenters. The van der Waals surface area contributed by atoms with Crippen LogP contribution in [-0.4, -0.2) is 41.1 Å². The molecule has 0 fully saturated rings. The van der Waals surface area contributed by atoms with E-state index >= 15 is 0 Å². The molecule has 1 heterocycles. The lowest BCUT2D eigenvalue weighted by Crippen LogP contribution is -2.38. The van der Waals surface area contributed by atoms with E-state index in [1.54, 1.807) is 6.07 Å². The number of benzene rings is 1. The van der Waals surface area contributed by atoms with Gasteiger partial charge >= 0.3 is 0 Å². The normalized spacial score (nSPS) is 11.4. The predicted molar refractivity (Wildman–Crippen MR) is 121 cm³/mol. The highest BCUT2D eigenvalue weighted by Gasteiger charge is 2.11. The largest absolute Gasteiger partial charge is 0.357 e. The summed E-state index contributed by atoms with van der Waals surface area (Å²) in [6, 6.07) is 5.63. The summed E-state index contributed by atoms with van der Waals surface area (Å²) in [5, 5.41) is 8.37. The first-order valence-electron chi connectivity index (χ1n) is 8.66. The van der Waals surface area contributed by atoms with Gasteiger partial charge in [-0.2, -0.15) is 4.98 Å². The maximum atomic E-state index is 6.09. The SMILES string of the molecule is CCNC(=NCCc1nc(C(C)C)no1)N(C)Cc1ccc(Cl)c(Cl)c1.I. The Morgan fingerprint density at radius 1 is 1.30 bits per heavy atom. The molecule has 0 saturated heterocycles. The molecule has 1 aromatic carbocycles. The molecule has 1 N–H and O–H groups in total. The van der Waals surface area contributed by atoms with Crippen LogP contribution < -0.4 is 5.32 Å². The molecule has 150 valence electrons. The van der Waals surface area contributed by atoms with Crippen LogP contribution in [0.5, 0.6) is 0 Å². The fourth-order valence-electron chi connectivity index (χ4n) is 2.32. The molecule has 9 heteroatoms. The third kappa shape index (κ3) is 7.46. The number of aromatic nitrogens is 2. The summed E-state index contributed by atoms with van der Waals surface area (Å²) in [5.41, 5.74) is 1.06. The van der Waals surface area contributed by atoms with E-state index in [1.165, 1.54) is 0 Å². The van der Waals surface area contributed by atoms with Crippen molar-refractivity contribution in [3.05, 3.63) is 45.5 Å². The van der Waals surface area contributed by atoms with Gasteiger partial charge in [-0.1, -0.05) is 48.3 Å². The number of hydrogen-bond acceptors (Lipinski definition) is 4. The average Bonchev–Trinajstić information content (AvgIpc) is 3.06. The first-order valence-corrected chi connectivity index (χ1v) is 9.42. The van der Waals surface area contributed by atoms with Crippen LogP contribution in [0.25, 0.3) is 0 Å². The summed E-state index contributed by atoms with van der Waals surface area (Å²) < 4.78 is 5.26. The van der Waals surface area contributed by atoms with Crippen molar-refractivity contribution < 1.29 is 4.52 Å². The number of hydrogen-bond donors (Lipinski definition) is 1. The van der Waals surface area contributed by atoms with Crippen LogP contribution in [0, 0.1) is 0 Å². The van der Waals surface area contributed by atoms with Crippen LogP contribution in [0.1, 0.15) is 44.0 Å². The highest BCUT2D eigenvalue weighted by molar-refractivity contribution is 14.0. The fraction of sp³-hybridized carbons (Fsp3) is 0.500. The molecule has 0 unspecified atom stereocenters. The first kappa shape index (κ1) is 24.0. The number of guanidine groups is 1. The van der Waals surface area contributed by atoms with Crippen LogP contribution >= 0.6 is 47.2 Å². The minimum absolute atomic E-state index is 0. The smallest absolute Gasteiger partial charge is 0.228 e. The Hall–Kier alpha value is -1.06. The molecule has 0 bridgehead atoms. The predicted octanol–water partition coefficient (Wildman–Crippen LogP) is 4.76. The minimum Gasteiger partial charge on any atom is -0.357 e. The van der Waals surface area contributed by atoms with Gasteiger partial charge in [-0.25, -0.2) is 0 Å². The maximum Gasteiger partial charge on any atom is 0.228 e. The zero-order valence-electron chi connectivity index (χ0n) is 16.0. The second kappa shape index (κ2) is 11.7. The van der Waals surface area contributed by atoms with Gasteiger partial charge in [0.2, 0.25) is 5.89 Å². The van der Waals surface area contributed by atoms with E-state index < -0.39 is 0 Å². The summed E-state index contributed by atoms with van der Waals surface area (Å²) in [4.78, 5) is 11.1. The Morgan fingerprint density at radius 3 is 2.63 bits per heavy atom. The van der Waals surface area contributed by atoms with Crippen molar-refractivity contribution in [1.82, 2.24) is 20.4 Å². The monoisotopic (exact) mass is 525 g/mol. The molecule has 0 amide bonds. The van der Waals surface area contributed by atoms with E-state index in [0.717, 1.165) is 23.9 Å². The molecule has 0 aliphatic carbocycles. The van der Waals surface area contributed by atoms with Crippen molar-refractivity contribution in [3.8, 4) is 0 Å². The Morgan fingerprint density at radius 2 is 2.04 bits per heavy atom. The van der Waals surface area contributed by atoms with Crippen LogP contribution in [0.2, 0.25) is 10.0 Å². The summed E-state index contributed by atoms with van der Waals surface area (Å²) in [6.07, 6.45) is 0.606. The van der Waals surface area contributed by atoms with Gasteiger partial charge in [0.1, 0.15) is 0 Å². The van der Waals surface area contributed by atoms with Crippen molar-refractivity contribution in [1.29, 1.82) is 0 Å². The van der Waals surface area contributed by atoms with Crippen molar-refractivity contribution in [2.75, 3.05) is 20.1 Å². The molecule has 2 aromatic rings. The van der Waals surface area contributed by atoms with Crippen molar-refractivity contribution in [3.63, 3.8) is 0 Å². The fourth-order valence-corrected chi connectivity index (χ4v) is 2.64. The standard InChI is InChI=1S/C18H25Cl2N5O.HI/c1-5-21-18(22-9-8-16-23-17(12(2)3)24-26-16)25(4)11-13-6-7-14(19)15(20)10-13;/h6-7,10,12H,5,8-9,11H2,1-4H3,(H,21,22);1H. The van der Waals surface area contributed by atoms with Crippen LogP contribution in [0.15, 0.2) is 27.7 Å². The highest BCUT2D eigenvalue weighted by Crippen LogP contribution is 2.23. The molecule has 2 rings (SSSR count). The third-order valence-corrected chi connectivity index (χ3v) is 4.43. The average molecular weight is 526 g/mol. The molecule has 0 radical (unpaired) electrons. The summed E-state index contributed by atoms with van der Waals surface area (Å²) in [7, 11) is 1.98. The number of halogens is 3. The summed E-state index contributed by atoms with van der Waals surface area (Å²) in [6.45, 7) is 8.12. The molecule has 0 aliphatic rings. The number of rotatable bonds is 7. The van der Waals surface area contributed by atoms with E-state index in [4.69, 9.17) is 27.7 Å². The molecule has 6 nitrogen and oxygen atoms in total. The lowest BCUT2D eigenvalue weighted by Gasteiger charge is -2.22. The van der Waals surface area contributed by atoms with Crippen molar-refractivity contribution in [2.24, 2.45) is 4.99 Å². The van der Waals surface area contributed by atoms with E-state index in [0.29, 0.717) is 35.4 Å². The third-order valence-electron chi connectivity index (χ3n) is 3.69. The number of nitrogens with one attached hydrogen (secondary N) is 1. The van der Waals surface area contributed by atoms with Gasteiger partial charge in [0.15, 0.2) is 11.8 Å². The quantitative estimate of drug-likeness (QED) is 0.321.